The number of Topliss-reactive ketones (excluding diaryl/α,β-unsaturated/α-hetero) is 1. The number of anilines is 1. The van der Waals surface area contributed by atoms with Crippen molar-refractivity contribution in [3.8, 4) is 0 Å². The fourth-order valence-corrected chi connectivity index (χ4v) is 6.37. The van der Waals surface area contributed by atoms with Crippen molar-refractivity contribution in [2.24, 2.45) is 11.8 Å². The highest BCUT2D eigenvalue weighted by Gasteiger charge is 2.64. The molecule has 8 heteroatoms. The lowest BCUT2D eigenvalue weighted by atomic mass is 9.83. The Kier molecular flexibility index (Phi) is 5.00. The summed E-state index contributed by atoms with van der Waals surface area (Å²) in [5.74, 6) is -2.96. The van der Waals surface area contributed by atoms with E-state index in [2.05, 4.69) is 0 Å². The van der Waals surface area contributed by atoms with Gasteiger partial charge in [-0.15, -0.1) is 0 Å². The van der Waals surface area contributed by atoms with Crippen LogP contribution < -0.4 is 4.90 Å². The topological polar surface area (TPSA) is 101 Å². The number of nitro benzene ring substituents is 1. The summed E-state index contributed by atoms with van der Waals surface area (Å²) < 4.78 is 0. The molecule has 2 fully saturated rings. The van der Waals surface area contributed by atoms with E-state index in [9.17, 15) is 24.5 Å². The van der Waals surface area contributed by atoms with Crippen LogP contribution in [0.2, 0.25) is 0 Å². The second kappa shape index (κ2) is 8.46. The van der Waals surface area contributed by atoms with Gasteiger partial charge in [-0.2, -0.15) is 0 Å². The van der Waals surface area contributed by atoms with Crippen molar-refractivity contribution in [1.82, 2.24) is 4.90 Å². The van der Waals surface area contributed by atoms with E-state index in [0.717, 1.165) is 21.9 Å². The van der Waals surface area contributed by atoms with Crippen LogP contribution in [-0.4, -0.2) is 33.5 Å². The molecule has 0 bridgehead atoms. The van der Waals surface area contributed by atoms with Crippen molar-refractivity contribution in [1.29, 1.82) is 0 Å². The summed E-state index contributed by atoms with van der Waals surface area (Å²) in [6, 6.07) is 24.8. The van der Waals surface area contributed by atoms with Crippen molar-refractivity contribution in [2.75, 3.05) is 4.90 Å². The molecule has 0 saturated carbocycles. The maximum atomic E-state index is 14.1. The van der Waals surface area contributed by atoms with Gasteiger partial charge in [-0.1, -0.05) is 66.7 Å². The molecular formula is C31H21N3O5. The smallest absolute Gasteiger partial charge is 0.270 e. The van der Waals surface area contributed by atoms with Gasteiger partial charge in [0, 0.05) is 23.9 Å². The molecule has 2 amide bonds. The van der Waals surface area contributed by atoms with Crippen LogP contribution in [0, 0.1) is 22.0 Å². The Morgan fingerprint density at radius 1 is 0.795 bits per heavy atom. The Labute approximate surface area is 222 Å². The van der Waals surface area contributed by atoms with Gasteiger partial charge in [0.25, 0.3) is 5.69 Å². The van der Waals surface area contributed by atoms with E-state index < -0.39 is 40.5 Å². The van der Waals surface area contributed by atoms with Crippen molar-refractivity contribution in [2.45, 2.75) is 12.1 Å². The third kappa shape index (κ3) is 3.34. The molecule has 7 rings (SSSR count). The monoisotopic (exact) mass is 515 g/mol. The zero-order chi connectivity index (χ0) is 26.8. The first-order valence-corrected chi connectivity index (χ1v) is 12.6. The first-order valence-electron chi connectivity index (χ1n) is 12.6. The zero-order valence-corrected chi connectivity index (χ0v) is 20.5. The van der Waals surface area contributed by atoms with Gasteiger partial charge in [0.2, 0.25) is 11.8 Å². The van der Waals surface area contributed by atoms with E-state index in [0.29, 0.717) is 5.69 Å². The van der Waals surface area contributed by atoms with Crippen LogP contribution in [0.15, 0.2) is 97.2 Å². The molecule has 0 spiro atoms. The molecule has 2 saturated heterocycles. The van der Waals surface area contributed by atoms with Gasteiger partial charge in [-0.05, 0) is 40.1 Å². The molecule has 4 atom stereocenters. The van der Waals surface area contributed by atoms with Gasteiger partial charge in [0.1, 0.15) is 6.04 Å². The quantitative estimate of drug-likeness (QED) is 0.161. The van der Waals surface area contributed by atoms with Crippen LogP contribution in [0.1, 0.15) is 27.5 Å². The Morgan fingerprint density at radius 3 is 2.36 bits per heavy atom. The highest BCUT2D eigenvalue weighted by molar-refractivity contribution is 6.25. The summed E-state index contributed by atoms with van der Waals surface area (Å²) in [7, 11) is 0. The molecule has 3 aliphatic heterocycles. The van der Waals surface area contributed by atoms with Crippen molar-refractivity contribution < 1.29 is 19.3 Å². The number of hydrogen-bond acceptors (Lipinski definition) is 6. The number of fused-ring (bicyclic) bond motifs is 6. The minimum atomic E-state index is -0.992. The van der Waals surface area contributed by atoms with E-state index in [-0.39, 0.29) is 17.2 Å². The highest BCUT2D eigenvalue weighted by atomic mass is 16.6. The highest BCUT2D eigenvalue weighted by Crippen LogP contribution is 2.53. The zero-order valence-electron chi connectivity index (χ0n) is 20.5. The lowest BCUT2D eigenvalue weighted by Gasteiger charge is -2.35. The summed E-state index contributed by atoms with van der Waals surface area (Å²) in [5.41, 5.74) is 2.17. The largest absolute Gasteiger partial charge is 0.358 e. The number of carbonyl (C=O) groups is 3. The summed E-state index contributed by atoms with van der Waals surface area (Å²) in [5, 5.41) is 13.3. The molecule has 4 unspecified atom stereocenters. The molecular weight excluding hydrogens is 494 g/mol. The number of rotatable bonds is 4. The van der Waals surface area contributed by atoms with Gasteiger partial charge in [-0.25, -0.2) is 4.90 Å². The van der Waals surface area contributed by atoms with Crippen LogP contribution in [0.5, 0.6) is 0 Å². The van der Waals surface area contributed by atoms with Crippen LogP contribution in [0.4, 0.5) is 11.4 Å². The van der Waals surface area contributed by atoms with Gasteiger partial charge in [0.05, 0.1) is 28.5 Å². The van der Waals surface area contributed by atoms with Gasteiger partial charge >= 0.3 is 0 Å². The Balaban J connectivity index is 1.37. The minimum absolute atomic E-state index is 0.130. The maximum Gasteiger partial charge on any atom is 0.270 e. The fourth-order valence-electron chi connectivity index (χ4n) is 6.37. The van der Waals surface area contributed by atoms with Gasteiger partial charge < -0.3 is 4.90 Å². The van der Waals surface area contributed by atoms with E-state index in [1.807, 2.05) is 66.7 Å². The number of carbonyl (C=O) groups excluding carboxylic acids is 3. The van der Waals surface area contributed by atoms with E-state index in [4.69, 9.17) is 0 Å². The van der Waals surface area contributed by atoms with Crippen molar-refractivity contribution in [3.05, 3.63) is 124 Å². The average Bonchev–Trinajstić information content (AvgIpc) is 3.44. The third-order valence-electron chi connectivity index (χ3n) is 8.06. The normalized spacial score (nSPS) is 23.1. The lowest BCUT2D eigenvalue weighted by Crippen LogP contribution is -2.44. The lowest BCUT2D eigenvalue weighted by molar-refractivity contribution is -0.384. The molecule has 0 N–H and O–H groups in total. The summed E-state index contributed by atoms with van der Waals surface area (Å²) in [4.78, 5) is 56.1. The molecule has 4 aromatic carbocycles. The number of nitro groups is 1. The van der Waals surface area contributed by atoms with E-state index in [1.54, 1.807) is 17.2 Å². The molecule has 4 aromatic rings. The molecule has 0 aromatic heterocycles. The predicted molar refractivity (Wildman–Crippen MR) is 145 cm³/mol. The third-order valence-corrected chi connectivity index (χ3v) is 8.06. The first kappa shape index (κ1) is 23.0. The first-order chi connectivity index (χ1) is 18.9. The molecule has 0 aliphatic carbocycles. The molecule has 3 aliphatic rings. The average molecular weight is 516 g/mol. The fraction of sp³-hybridized carbons (Fsp3) is 0.129. The van der Waals surface area contributed by atoms with Crippen molar-refractivity contribution >= 4 is 45.8 Å². The number of imide groups is 1. The number of hydrogen-bond donors (Lipinski definition) is 0. The van der Waals surface area contributed by atoms with Crippen LogP contribution in [0.3, 0.4) is 0 Å². The Hall–Kier alpha value is -5.11. The molecule has 39 heavy (non-hydrogen) atoms. The number of ketones is 1. The molecule has 0 radical (unpaired) electrons. The van der Waals surface area contributed by atoms with Gasteiger partial charge in [0.15, 0.2) is 5.78 Å². The maximum absolute atomic E-state index is 14.1. The van der Waals surface area contributed by atoms with Crippen LogP contribution in [0.25, 0.3) is 16.8 Å². The molecule has 3 heterocycles. The van der Waals surface area contributed by atoms with Gasteiger partial charge in [-0.3, -0.25) is 24.5 Å². The second-order valence-corrected chi connectivity index (χ2v) is 10.0. The Bertz CT molecular complexity index is 1760. The second-order valence-electron chi connectivity index (χ2n) is 10.0. The minimum Gasteiger partial charge on any atom is -0.358 e. The standard InChI is InChI=1S/C31H21N3O5/c35-29(21-9-5-10-23(17-21)34(38)39)28-26-25(27-24-11-4-3-7-19(24)14-15-32(27)28)30(36)33(31(26)37)22-13-12-18-6-1-2-8-20(18)16-22/h1-17,25-28H. The van der Waals surface area contributed by atoms with Crippen LogP contribution in [-0.2, 0) is 9.59 Å². The summed E-state index contributed by atoms with van der Waals surface area (Å²) >= 11 is 0. The number of benzene rings is 4. The van der Waals surface area contributed by atoms with E-state index >= 15 is 0 Å². The Morgan fingerprint density at radius 2 is 1.54 bits per heavy atom. The molecule has 8 nitrogen and oxygen atoms in total. The van der Waals surface area contributed by atoms with Crippen molar-refractivity contribution in [3.63, 3.8) is 0 Å². The van der Waals surface area contributed by atoms with E-state index in [1.165, 1.54) is 29.2 Å². The SMILES string of the molecule is O=C(c1cccc([N+](=O)[O-])c1)C1C2C(=O)N(c3ccc4ccccc4c3)C(=O)C2C2c3ccccc3C=CN12. The predicted octanol–water partition coefficient (Wildman–Crippen LogP) is 5.15. The number of non-ortho nitro benzene ring substituents is 1. The van der Waals surface area contributed by atoms with Crippen LogP contribution >= 0.6 is 0 Å². The summed E-state index contributed by atoms with van der Waals surface area (Å²) in [6.45, 7) is 0. The number of amides is 2. The number of nitrogens with zero attached hydrogens (tertiary/aromatic N) is 3. The molecule has 190 valence electrons. The summed E-state index contributed by atoms with van der Waals surface area (Å²) in [6.07, 6.45) is 3.64.